The van der Waals surface area contributed by atoms with Crippen LogP contribution in [0, 0.1) is 0 Å². The van der Waals surface area contributed by atoms with Crippen LogP contribution in [0.3, 0.4) is 0 Å². The summed E-state index contributed by atoms with van der Waals surface area (Å²) in [7, 11) is 0. The topological polar surface area (TPSA) is 86.8 Å². The van der Waals surface area contributed by atoms with Crippen molar-refractivity contribution in [2.75, 3.05) is 6.54 Å². The molecular formula is C22H25N3O4. The largest absolute Gasteiger partial charge is 0.354 e. The number of benzene rings is 1. The van der Waals surface area contributed by atoms with Gasteiger partial charge in [0.1, 0.15) is 0 Å². The second kappa shape index (κ2) is 6.97. The standard InChI is InChI=1S/C22H25N3O4/c26-19-11-15-7-8-16(12-23-19)24(15)20(27)13-6-9-17-18(10-13)22(29)25(21(17)28)14-4-2-1-3-5-14/h6,9-10,14-16H,1-5,7-8,11-12H2,(H,23,26). The molecule has 0 aromatic heterocycles. The summed E-state index contributed by atoms with van der Waals surface area (Å²) in [6.07, 6.45) is 6.94. The molecule has 1 aromatic rings. The van der Waals surface area contributed by atoms with Crippen LogP contribution in [0.2, 0.25) is 0 Å². The first-order chi connectivity index (χ1) is 14.0. The maximum atomic E-state index is 13.3. The molecular weight excluding hydrogens is 370 g/mol. The van der Waals surface area contributed by atoms with Gasteiger partial charge in [-0.3, -0.25) is 24.1 Å². The summed E-state index contributed by atoms with van der Waals surface area (Å²) < 4.78 is 0. The van der Waals surface area contributed by atoms with Crippen LogP contribution in [0.15, 0.2) is 18.2 Å². The predicted octanol–water partition coefficient (Wildman–Crippen LogP) is 2.11. The summed E-state index contributed by atoms with van der Waals surface area (Å²) in [6.45, 7) is 0.471. The first-order valence-electron chi connectivity index (χ1n) is 10.7. The van der Waals surface area contributed by atoms with Crippen LogP contribution in [-0.4, -0.2) is 58.1 Å². The van der Waals surface area contributed by atoms with Gasteiger partial charge in [-0.1, -0.05) is 19.3 Å². The molecule has 29 heavy (non-hydrogen) atoms. The molecule has 3 heterocycles. The van der Waals surface area contributed by atoms with Crippen LogP contribution in [0.25, 0.3) is 0 Å². The van der Waals surface area contributed by atoms with Gasteiger partial charge in [0.15, 0.2) is 0 Å². The molecule has 2 atom stereocenters. The Labute approximate surface area is 169 Å². The fourth-order valence-corrected chi connectivity index (χ4v) is 5.42. The van der Waals surface area contributed by atoms with Crippen molar-refractivity contribution >= 4 is 23.6 Å². The van der Waals surface area contributed by atoms with E-state index < -0.39 is 0 Å². The van der Waals surface area contributed by atoms with Gasteiger partial charge in [-0.15, -0.1) is 0 Å². The van der Waals surface area contributed by atoms with E-state index in [1.54, 1.807) is 23.1 Å². The van der Waals surface area contributed by atoms with Crippen molar-refractivity contribution in [3.05, 3.63) is 34.9 Å². The van der Waals surface area contributed by atoms with Crippen molar-refractivity contribution < 1.29 is 19.2 Å². The molecule has 7 nitrogen and oxygen atoms in total. The monoisotopic (exact) mass is 395 g/mol. The second-order valence-corrected chi connectivity index (χ2v) is 8.64. The van der Waals surface area contributed by atoms with E-state index in [0.29, 0.717) is 29.7 Å². The lowest BCUT2D eigenvalue weighted by molar-refractivity contribution is -0.121. The maximum absolute atomic E-state index is 13.3. The number of amides is 4. The average molecular weight is 395 g/mol. The van der Waals surface area contributed by atoms with E-state index in [2.05, 4.69) is 5.32 Å². The molecule has 4 amide bonds. The van der Waals surface area contributed by atoms with E-state index in [1.807, 2.05) is 0 Å². The fraction of sp³-hybridized carbons (Fsp3) is 0.545. The van der Waals surface area contributed by atoms with Crippen molar-refractivity contribution in [3.8, 4) is 0 Å². The Bertz CT molecular complexity index is 905. The SMILES string of the molecule is O=C1CC2CCC(CN1)N2C(=O)c1ccc2c(c1)C(=O)N(C1CCCCC1)C2=O. The first kappa shape index (κ1) is 18.3. The van der Waals surface area contributed by atoms with E-state index >= 15 is 0 Å². The van der Waals surface area contributed by atoms with Gasteiger partial charge < -0.3 is 10.2 Å². The highest BCUT2D eigenvalue weighted by atomic mass is 16.2. The van der Waals surface area contributed by atoms with E-state index in [-0.39, 0.29) is 41.8 Å². The Kier molecular flexibility index (Phi) is 4.41. The van der Waals surface area contributed by atoms with Crippen molar-refractivity contribution in [1.29, 1.82) is 0 Å². The van der Waals surface area contributed by atoms with Crippen molar-refractivity contribution in [2.24, 2.45) is 0 Å². The number of nitrogens with zero attached hydrogens (tertiary/aromatic N) is 2. The van der Waals surface area contributed by atoms with Crippen LogP contribution >= 0.6 is 0 Å². The van der Waals surface area contributed by atoms with Gasteiger partial charge in [-0.2, -0.15) is 0 Å². The Hall–Kier alpha value is -2.70. The Balaban J connectivity index is 1.43. The minimum atomic E-state index is -0.276. The maximum Gasteiger partial charge on any atom is 0.261 e. The third-order valence-electron chi connectivity index (χ3n) is 6.92. The van der Waals surface area contributed by atoms with Crippen LogP contribution < -0.4 is 5.32 Å². The number of hydrogen-bond acceptors (Lipinski definition) is 4. The molecule has 3 aliphatic heterocycles. The second-order valence-electron chi connectivity index (χ2n) is 8.64. The average Bonchev–Trinajstić information content (AvgIpc) is 3.18. The number of nitrogens with one attached hydrogen (secondary N) is 1. The lowest BCUT2D eigenvalue weighted by Gasteiger charge is -2.29. The molecule has 152 valence electrons. The lowest BCUT2D eigenvalue weighted by atomic mass is 9.94. The van der Waals surface area contributed by atoms with E-state index in [1.165, 1.54) is 4.90 Å². The molecule has 2 bridgehead atoms. The number of carbonyl (C=O) groups is 4. The van der Waals surface area contributed by atoms with Crippen LogP contribution in [0.5, 0.6) is 0 Å². The molecule has 2 unspecified atom stereocenters. The number of fused-ring (bicyclic) bond motifs is 3. The highest BCUT2D eigenvalue weighted by molar-refractivity contribution is 6.22. The van der Waals surface area contributed by atoms with Gasteiger partial charge >= 0.3 is 0 Å². The van der Waals surface area contributed by atoms with Gasteiger partial charge in [0.2, 0.25) is 5.91 Å². The predicted molar refractivity (Wildman–Crippen MR) is 104 cm³/mol. The quantitative estimate of drug-likeness (QED) is 0.777. The molecule has 1 aromatic carbocycles. The third-order valence-corrected chi connectivity index (χ3v) is 6.92. The number of carbonyl (C=O) groups excluding carboxylic acids is 4. The summed E-state index contributed by atoms with van der Waals surface area (Å²) in [5, 5.41) is 2.87. The van der Waals surface area contributed by atoms with Crippen molar-refractivity contribution in [2.45, 2.75) is 69.5 Å². The highest BCUT2D eigenvalue weighted by Crippen LogP contribution is 2.33. The van der Waals surface area contributed by atoms with Gasteiger partial charge in [0.25, 0.3) is 17.7 Å². The molecule has 0 radical (unpaired) electrons. The first-order valence-corrected chi connectivity index (χ1v) is 10.7. The molecule has 2 saturated heterocycles. The van der Waals surface area contributed by atoms with Gasteiger partial charge in [0, 0.05) is 36.7 Å². The van der Waals surface area contributed by atoms with Crippen LogP contribution in [0.1, 0.15) is 82.4 Å². The van der Waals surface area contributed by atoms with Crippen LogP contribution in [0.4, 0.5) is 0 Å². The molecule has 3 fully saturated rings. The zero-order chi connectivity index (χ0) is 20.1. The van der Waals surface area contributed by atoms with Crippen molar-refractivity contribution in [1.82, 2.24) is 15.1 Å². The van der Waals surface area contributed by atoms with Gasteiger partial charge in [-0.05, 0) is 43.9 Å². The normalized spacial score (nSPS) is 27.1. The molecule has 5 rings (SSSR count). The highest BCUT2D eigenvalue weighted by Gasteiger charge is 2.43. The Morgan fingerprint density at radius 2 is 1.59 bits per heavy atom. The summed E-state index contributed by atoms with van der Waals surface area (Å²) in [6, 6.07) is 4.71. The third kappa shape index (κ3) is 2.94. The zero-order valence-corrected chi connectivity index (χ0v) is 16.4. The van der Waals surface area contributed by atoms with E-state index in [9.17, 15) is 19.2 Å². The smallest absolute Gasteiger partial charge is 0.261 e. The zero-order valence-electron chi connectivity index (χ0n) is 16.4. The summed E-state index contributed by atoms with van der Waals surface area (Å²) in [5.74, 6) is -0.691. The fourth-order valence-electron chi connectivity index (χ4n) is 5.42. The minimum Gasteiger partial charge on any atom is -0.354 e. The van der Waals surface area contributed by atoms with E-state index in [4.69, 9.17) is 0 Å². The summed E-state index contributed by atoms with van der Waals surface area (Å²) >= 11 is 0. The molecule has 1 N–H and O–H groups in total. The number of imide groups is 1. The Morgan fingerprint density at radius 3 is 2.38 bits per heavy atom. The molecule has 1 aliphatic carbocycles. The summed E-state index contributed by atoms with van der Waals surface area (Å²) in [5.41, 5.74) is 1.15. The number of hydrogen-bond donors (Lipinski definition) is 1. The van der Waals surface area contributed by atoms with Crippen LogP contribution in [-0.2, 0) is 4.79 Å². The molecule has 4 aliphatic rings. The Morgan fingerprint density at radius 1 is 0.862 bits per heavy atom. The summed E-state index contributed by atoms with van der Waals surface area (Å²) in [4.78, 5) is 54.2. The van der Waals surface area contributed by atoms with Crippen molar-refractivity contribution in [3.63, 3.8) is 0 Å². The lowest BCUT2D eigenvalue weighted by Crippen LogP contribution is -2.42. The minimum absolute atomic E-state index is 0.0109. The van der Waals surface area contributed by atoms with Gasteiger partial charge in [-0.25, -0.2) is 0 Å². The van der Waals surface area contributed by atoms with Gasteiger partial charge in [0.05, 0.1) is 11.1 Å². The molecule has 1 saturated carbocycles. The number of rotatable bonds is 2. The van der Waals surface area contributed by atoms with E-state index in [0.717, 1.165) is 44.9 Å². The molecule has 0 spiro atoms. The molecule has 7 heteroatoms.